The van der Waals surface area contributed by atoms with Gasteiger partial charge < -0.3 is 10.8 Å². The van der Waals surface area contributed by atoms with Gasteiger partial charge in [-0.1, -0.05) is 19.3 Å². The topological polar surface area (TPSA) is 63.3 Å². The molecule has 0 saturated heterocycles. The van der Waals surface area contributed by atoms with Gasteiger partial charge in [0.1, 0.15) is 5.54 Å². The summed E-state index contributed by atoms with van der Waals surface area (Å²) < 4.78 is 0. The highest BCUT2D eigenvalue weighted by atomic mass is 35.5. The van der Waals surface area contributed by atoms with E-state index in [9.17, 15) is 4.79 Å². The van der Waals surface area contributed by atoms with Crippen molar-refractivity contribution in [3.05, 3.63) is 0 Å². The second kappa shape index (κ2) is 4.82. The lowest BCUT2D eigenvalue weighted by molar-refractivity contribution is -0.145. The van der Waals surface area contributed by atoms with Gasteiger partial charge in [0.15, 0.2) is 0 Å². The largest absolute Gasteiger partial charge is 0.480 e. The van der Waals surface area contributed by atoms with Gasteiger partial charge in [-0.25, -0.2) is 0 Å². The predicted octanol–water partition coefficient (Wildman–Crippen LogP) is 1.79. The number of carbonyl (C=O) groups is 1. The Labute approximate surface area is 85.1 Å². The summed E-state index contributed by atoms with van der Waals surface area (Å²) in [7, 11) is 0. The lowest BCUT2D eigenvalue weighted by Crippen LogP contribution is -2.51. The second-order valence-electron chi connectivity index (χ2n) is 3.92. The highest BCUT2D eigenvalue weighted by Gasteiger charge is 2.37. The summed E-state index contributed by atoms with van der Waals surface area (Å²) in [5.74, 6) is -0.696. The molecule has 0 amide bonds. The Morgan fingerprint density at radius 1 is 1.38 bits per heavy atom. The number of halogens is 1. The summed E-state index contributed by atoms with van der Waals surface area (Å²) in [6.45, 7) is 1.63. The molecule has 1 saturated carbocycles. The van der Waals surface area contributed by atoms with Crippen LogP contribution in [0.4, 0.5) is 0 Å². The molecule has 0 bridgehead atoms. The molecule has 0 unspecified atom stereocenters. The molecule has 0 aromatic carbocycles. The van der Waals surface area contributed by atoms with Crippen molar-refractivity contribution in [3.8, 4) is 0 Å². The van der Waals surface area contributed by atoms with Crippen LogP contribution in [0, 0.1) is 5.92 Å². The maximum Gasteiger partial charge on any atom is 0.323 e. The third-order valence-electron chi connectivity index (χ3n) is 2.91. The number of aliphatic carboxylic acids is 1. The maximum absolute atomic E-state index is 10.8. The van der Waals surface area contributed by atoms with E-state index >= 15 is 0 Å². The number of carboxylic acid groups (broad SMARTS) is 1. The van der Waals surface area contributed by atoms with Crippen molar-refractivity contribution in [2.75, 3.05) is 0 Å². The Morgan fingerprint density at radius 3 is 2.23 bits per heavy atom. The summed E-state index contributed by atoms with van der Waals surface area (Å²) in [6, 6.07) is 0. The van der Waals surface area contributed by atoms with Gasteiger partial charge in [-0.2, -0.15) is 0 Å². The Hall–Kier alpha value is -0.280. The third kappa shape index (κ3) is 2.85. The zero-order chi connectivity index (χ0) is 9.19. The molecule has 1 aliphatic rings. The molecule has 78 valence electrons. The summed E-state index contributed by atoms with van der Waals surface area (Å²) >= 11 is 0. The molecule has 1 fully saturated rings. The summed E-state index contributed by atoms with van der Waals surface area (Å²) in [4.78, 5) is 10.8. The van der Waals surface area contributed by atoms with Crippen molar-refractivity contribution in [3.63, 3.8) is 0 Å². The van der Waals surface area contributed by atoms with Crippen LogP contribution in [0.15, 0.2) is 0 Å². The molecule has 0 aromatic rings. The number of hydrogen-bond acceptors (Lipinski definition) is 2. The van der Waals surface area contributed by atoms with E-state index in [1.165, 1.54) is 6.42 Å². The highest BCUT2D eigenvalue weighted by molar-refractivity contribution is 5.85. The molecule has 13 heavy (non-hydrogen) atoms. The van der Waals surface area contributed by atoms with Crippen LogP contribution in [0.25, 0.3) is 0 Å². The molecule has 0 heterocycles. The lowest BCUT2D eigenvalue weighted by atomic mass is 9.76. The zero-order valence-electron chi connectivity index (χ0n) is 7.95. The molecular formula is C9H18ClNO2. The average molecular weight is 208 g/mol. The minimum absolute atomic E-state index is 0. The highest BCUT2D eigenvalue weighted by Crippen LogP contribution is 2.31. The smallest absolute Gasteiger partial charge is 0.323 e. The van der Waals surface area contributed by atoms with Gasteiger partial charge in [0.25, 0.3) is 0 Å². The molecule has 3 nitrogen and oxygen atoms in total. The van der Waals surface area contributed by atoms with E-state index in [1.54, 1.807) is 6.92 Å². The van der Waals surface area contributed by atoms with Crippen LogP contribution in [0.2, 0.25) is 0 Å². The van der Waals surface area contributed by atoms with Gasteiger partial charge in [0.05, 0.1) is 0 Å². The van der Waals surface area contributed by atoms with E-state index in [0.29, 0.717) is 0 Å². The molecule has 3 N–H and O–H groups in total. The number of hydrogen-bond donors (Lipinski definition) is 2. The van der Waals surface area contributed by atoms with Crippen molar-refractivity contribution in [1.82, 2.24) is 0 Å². The molecule has 4 heteroatoms. The van der Waals surface area contributed by atoms with Crippen LogP contribution in [-0.4, -0.2) is 16.6 Å². The Balaban J connectivity index is 0.00000144. The first-order valence-electron chi connectivity index (χ1n) is 4.57. The minimum atomic E-state index is -1.01. The van der Waals surface area contributed by atoms with Crippen LogP contribution in [-0.2, 0) is 4.79 Å². The summed E-state index contributed by atoms with van der Waals surface area (Å²) in [5.41, 5.74) is 4.72. The van der Waals surface area contributed by atoms with E-state index in [-0.39, 0.29) is 18.3 Å². The van der Waals surface area contributed by atoms with Crippen molar-refractivity contribution in [2.45, 2.75) is 44.6 Å². The molecule has 0 spiro atoms. The molecule has 0 aromatic heterocycles. The van der Waals surface area contributed by atoms with E-state index < -0.39 is 11.5 Å². The van der Waals surface area contributed by atoms with Crippen LogP contribution >= 0.6 is 12.4 Å². The first kappa shape index (κ1) is 12.7. The Morgan fingerprint density at radius 2 is 1.85 bits per heavy atom. The molecular weight excluding hydrogens is 190 g/mol. The van der Waals surface area contributed by atoms with Gasteiger partial charge in [0.2, 0.25) is 0 Å². The van der Waals surface area contributed by atoms with Crippen LogP contribution in [0.3, 0.4) is 0 Å². The van der Waals surface area contributed by atoms with Crippen molar-refractivity contribution < 1.29 is 9.90 Å². The second-order valence-corrected chi connectivity index (χ2v) is 3.92. The number of nitrogens with two attached hydrogens (primary N) is 1. The number of carboxylic acids is 1. The molecule has 0 aliphatic heterocycles. The molecule has 1 aliphatic carbocycles. The van der Waals surface area contributed by atoms with Gasteiger partial charge in [-0.05, 0) is 25.7 Å². The monoisotopic (exact) mass is 207 g/mol. The minimum Gasteiger partial charge on any atom is -0.480 e. The zero-order valence-corrected chi connectivity index (χ0v) is 8.77. The van der Waals surface area contributed by atoms with Crippen molar-refractivity contribution in [2.24, 2.45) is 11.7 Å². The first-order chi connectivity index (χ1) is 5.55. The maximum atomic E-state index is 10.8. The van der Waals surface area contributed by atoms with Gasteiger partial charge in [-0.3, -0.25) is 4.79 Å². The quantitative estimate of drug-likeness (QED) is 0.726. The fraction of sp³-hybridized carbons (Fsp3) is 0.889. The fourth-order valence-electron chi connectivity index (χ4n) is 1.88. The van der Waals surface area contributed by atoms with E-state index in [2.05, 4.69) is 0 Å². The summed E-state index contributed by atoms with van der Waals surface area (Å²) in [5, 5.41) is 8.87. The average Bonchev–Trinajstić information content (AvgIpc) is 2.06. The first-order valence-corrected chi connectivity index (χ1v) is 4.57. The van der Waals surface area contributed by atoms with Crippen LogP contribution in [0.1, 0.15) is 39.0 Å². The van der Waals surface area contributed by atoms with E-state index in [0.717, 1.165) is 25.7 Å². The molecule has 1 rings (SSSR count). The molecule has 1 atom stereocenters. The third-order valence-corrected chi connectivity index (χ3v) is 2.91. The predicted molar refractivity (Wildman–Crippen MR) is 54.1 cm³/mol. The standard InChI is InChI=1S/C9H17NO2.ClH/c1-9(10,8(11)12)7-5-3-2-4-6-7;/h7H,2-6,10H2,1H3,(H,11,12);1H/t9-;/m0./s1. The Kier molecular flexibility index (Phi) is 4.71. The molecule has 0 radical (unpaired) electrons. The van der Waals surface area contributed by atoms with E-state index in [1.807, 2.05) is 0 Å². The van der Waals surface area contributed by atoms with Crippen molar-refractivity contribution in [1.29, 1.82) is 0 Å². The lowest BCUT2D eigenvalue weighted by Gasteiger charge is -2.32. The van der Waals surface area contributed by atoms with Gasteiger partial charge in [0, 0.05) is 0 Å². The SMILES string of the molecule is C[C@@](N)(C(=O)O)C1CCCCC1.Cl. The van der Waals surface area contributed by atoms with Crippen LogP contribution < -0.4 is 5.73 Å². The van der Waals surface area contributed by atoms with Gasteiger partial charge >= 0.3 is 5.97 Å². The van der Waals surface area contributed by atoms with E-state index in [4.69, 9.17) is 10.8 Å². The van der Waals surface area contributed by atoms with Crippen molar-refractivity contribution >= 4 is 18.4 Å². The Bertz CT molecular complexity index is 176. The normalized spacial score (nSPS) is 22.9. The number of rotatable bonds is 2. The fourth-order valence-corrected chi connectivity index (χ4v) is 1.88. The summed E-state index contributed by atoms with van der Waals surface area (Å²) in [6.07, 6.45) is 5.43. The van der Waals surface area contributed by atoms with Gasteiger partial charge in [-0.15, -0.1) is 12.4 Å². The van der Waals surface area contributed by atoms with Crippen LogP contribution in [0.5, 0.6) is 0 Å².